The van der Waals surface area contributed by atoms with Crippen molar-refractivity contribution in [1.82, 2.24) is 4.72 Å². The summed E-state index contributed by atoms with van der Waals surface area (Å²) in [4.78, 5) is 0.000876. The van der Waals surface area contributed by atoms with Gasteiger partial charge in [0.25, 0.3) is 0 Å². The Labute approximate surface area is 125 Å². The third kappa shape index (κ3) is 3.85. The molecule has 0 saturated carbocycles. The molecule has 0 aromatic heterocycles. The molecule has 4 N–H and O–H groups in total. The minimum atomic E-state index is -3.72. The van der Waals surface area contributed by atoms with Crippen LogP contribution >= 0.6 is 11.6 Å². The standard InChI is InChI=1S/C13H21ClN2O3S/c1-3-13(4-2,9-17)8-16-20(18,19)12-6-5-10(14)7-11(12)15/h5-7,16-17H,3-4,8-9,15H2,1-2H3. The van der Waals surface area contributed by atoms with Crippen molar-refractivity contribution in [2.75, 3.05) is 18.9 Å². The lowest BCUT2D eigenvalue weighted by atomic mass is 9.84. The van der Waals surface area contributed by atoms with E-state index in [9.17, 15) is 13.5 Å². The van der Waals surface area contributed by atoms with Crippen LogP contribution in [0.15, 0.2) is 23.1 Å². The molecular weight excluding hydrogens is 300 g/mol. The Morgan fingerprint density at radius 3 is 2.40 bits per heavy atom. The second kappa shape index (κ2) is 6.76. The number of aliphatic hydroxyl groups is 1. The fraction of sp³-hybridized carbons (Fsp3) is 0.538. The molecule has 0 aliphatic carbocycles. The van der Waals surface area contributed by atoms with E-state index in [2.05, 4.69) is 4.72 Å². The second-order valence-corrected chi connectivity index (χ2v) is 7.04. The first-order chi connectivity index (χ1) is 9.30. The normalized spacial score (nSPS) is 12.6. The van der Waals surface area contributed by atoms with Gasteiger partial charge in [-0.2, -0.15) is 0 Å². The van der Waals surface area contributed by atoms with Crippen molar-refractivity contribution in [2.45, 2.75) is 31.6 Å². The molecule has 1 rings (SSSR count). The van der Waals surface area contributed by atoms with Crippen LogP contribution in [0.5, 0.6) is 0 Å². The summed E-state index contributed by atoms with van der Waals surface area (Å²) in [5.41, 5.74) is 5.35. The first-order valence-corrected chi connectivity index (χ1v) is 8.32. The van der Waals surface area contributed by atoms with E-state index in [1.807, 2.05) is 13.8 Å². The van der Waals surface area contributed by atoms with Gasteiger partial charge in [-0.3, -0.25) is 0 Å². The Morgan fingerprint density at radius 1 is 1.35 bits per heavy atom. The molecule has 0 aliphatic rings. The van der Waals surface area contributed by atoms with E-state index < -0.39 is 15.4 Å². The fourth-order valence-corrected chi connectivity index (χ4v) is 3.32. The quantitative estimate of drug-likeness (QED) is 0.670. The molecule has 114 valence electrons. The topological polar surface area (TPSA) is 92.4 Å². The van der Waals surface area contributed by atoms with Crippen LogP contribution in [-0.4, -0.2) is 26.7 Å². The molecule has 0 bridgehead atoms. The van der Waals surface area contributed by atoms with Gasteiger partial charge >= 0.3 is 0 Å². The number of hydrogen-bond donors (Lipinski definition) is 3. The highest BCUT2D eigenvalue weighted by Gasteiger charge is 2.28. The number of sulfonamides is 1. The summed E-state index contributed by atoms with van der Waals surface area (Å²) >= 11 is 5.76. The van der Waals surface area contributed by atoms with Crippen LogP contribution in [-0.2, 0) is 10.0 Å². The van der Waals surface area contributed by atoms with Gasteiger partial charge in [-0.05, 0) is 31.0 Å². The van der Waals surface area contributed by atoms with E-state index in [0.29, 0.717) is 17.9 Å². The lowest BCUT2D eigenvalue weighted by molar-refractivity contribution is 0.119. The Balaban J connectivity index is 2.96. The average Bonchev–Trinajstić information content (AvgIpc) is 2.40. The molecule has 1 aromatic carbocycles. The van der Waals surface area contributed by atoms with E-state index >= 15 is 0 Å². The van der Waals surface area contributed by atoms with Crippen LogP contribution in [0.3, 0.4) is 0 Å². The van der Waals surface area contributed by atoms with Gasteiger partial charge in [-0.15, -0.1) is 0 Å². The van der Waals surface area contributed by atoms with Crippen molar-refractivity contribution in [3.05, 3.63) is 23.2 Å². The number of hydrogen-bond acceptors (Lipinski definition) is 4. The van der Waals surface area contributed by atoms with Crippen molar-refractivity contribution in [2.24, 2.45) is 5.41 Å². The lowest BCUT2D eigenvalue weighted by Gasteiger charge is -2.29. The lowest BCUT2D eigenvalue weighted by Crippen LogP contribution is -2.39. The number of nitrogens with one attached hydrogen (secondary N) is 1. The molecule has 7 heteroatoms. The SMILES string of the molecule is CCC(CC)(CO)CNS(=O)(=O)c1ccc(Cl)cc1N. The molecule has 0 fully saturated rings. The van der Waals surface area contributed by atoms with Crippen molar-refractivity contribution in [3.63, 3.8) is 0 Å². The highest BCUT2D eigenvalue weighted by atomic mass is 35.5. The molecule has 20 heavy (non-hydrogen) atoms. The average molecular weight is 321 g/mol. The van der Waals surface area contributed by atoms with Crippen LogP contribution in [0, 0.1) is 5.41 Å². The van der Waals surface area contributed by atoms with Gasteiger partial charge in [-0.25, -0.2) is 13.1 Å². The smallest absolute Gasteiger partial charge is 0.242 e. The maximum Gasteiger partial charge on any atom is 0.242 e. The maximum atomic E-state index is 12.2. The Morgan fingerprint density at radius 2 is 1.95 bits per heavy atom. The Kier molecular flexibility index (Phi) is 5.82. The van der Waals surface area contributed by atoms with Gasteiger partial charge < -0.3 is 10.8 Å². The molecular formula is C13H21ClN2O3S. The number of benzene rings is 1. The first-order valence-electron chi connectivity index (χ1n) is 6.46. The number of anilines is 1. The summed E-state index contributed by atoms with van der Waals surface area (Å²) in [6.07, 6.45) is 1.36. The van der Waals surface area contributed by atoms with Crippen molar-refractivity contribution in [1.29, 1.82) is 0 Å². The van der Waals surface area contributed by atoms with Crippen LogP contribution < -0.4 is 10.5 Å². The van der Waals surface area contributed by atoms with E-state index in [0.717, 1.165) is 0 Å². The van der Waals surface area contributed by atoms with Crippen molar-refractivity contribution in [3.8, 4) is 0 Å². The zero-order valence-electron chi connectivity index (χ0n) is 11.7. The third-order valence-corrected chi connectivity index (χ3v) is 5.44. The molecule has 0 aliphatic heterocycles. The van der Waals surface area contributed by atoms with E-state index in [4.69, 9.17) is 17.3 Å². The summed E-state index contributed by atoms with van der Waals surface area (Å²) < 4.78 is 27.0. The van der Waals surface area contributed by atoms with Crippen LogP contribution in [0.25, 0.3) is 0 Å². The van der Waals surface area contributed by atoms with Gasteiger partial charge in [0.1, 0.15) is 4.90 Å². The zero-order chi connectivity index (χ0) is 15.4. The van der Waals surface area contributed by atoms with E-state index in [-0.39, 0.29) is 23.7 Å². The largest absolute Gasteiger partial charge is 0.398 e. The molecule has 0 amide bonds. The number of aliphatic hydroxyl groups excluding tert-OH is 1. The zero-order valence-corrected chi connectivity index (χ0v) is 13.3. The molecule has 1 aromatic rings. The highest BCUT2D eigenvalue weighted by Crippen LogP contribution is 2.27. The van der Waals surface area contributed by atoms with Crippen LogP contribution in [0.1, 0.15) is 26.7 Å². The highest BCUT2D eigenvalue weighted by molar-refractivity contribution is 7.89. The minimum Gasteiger partial charge on any atom is -0.398 e. The number of halogens is 1. The minimum absolute atomic E-state index is 0.000876. The molecule has 0 radical (unpaired) electrons. The summed E-state index contributed by atoms with van der Waals surface area (Å²) in [7, 11) is -3.72. The molecule has 0 spiro atoms. The number of rotatable bonds is 7. The molecule has 0 unspecified atom stereocenters. The van der Waals surface area contributed by atoms with Crippen LogP contribution in [0.2, 0.25) is 5.02 Å². The molecule has 0 atom stereocenters. The fourth-order valence-electron chi connectivity index (χ4n) is 1.87. The maximum absolute atomic E-state index is 12.2. The molecule has 0 heterocycles. The third-order valence-electron chi connectivity index (χ3n) is 3.73. The van der Waals surface area contributed by atoms with Gasteiger partial charge in [0.2, 0.25) is 10.0 Å². The second-order valence-electron chi connectivity index (χ2n) is 4.87. The predicted octanol–water partition coefficient (Wildman–Crippen LogP) is 2.00. The molecule has 0 saturated heterocycles. The van der Waals surface area contributed by atoms with Gasteiger partial charge in [0.15, 0.2) is 0 Å². The summed E-state index contributed by atoms with van der Waals surface area (Å²) in [5, 5.41) is 9.84. The van der Waals surface area contributed by atoms with E-state index in [1.54, 1.807) is 0 Å². The molecule has 5 nitrogen and oxygen atoms in total. The van der Waals surface area contributed by atoms with Gasteiger partial charge in [0, 0.05) is 23.6 Å². The summed E-state index contributed by atoms with van der Waals surface area (Å²) in [6, 6.07) is 4.25. The van der Waals surface area contributed by atoms with E-state index in [1.165, 1.54) is 18.2 Å². The predicted molar refractivity (Wildman–Crippen MR) is 81.2 cm³/mol. The number of nitrogen functional groups attached to an aromatic ring is 1. The van der Waals surface area contributed by atoms with Crippen LogP contribution in [0.4, 0.5) is 5.69 Å². The Hall–Kier alpha value is -0.820. The first kappa shape index (κ1) is 17.2. The Bertz CT molecular complexity index is 548. The number of nitrogens with two attached hydrogens (primary N) is 1. The van der Waals surface area contributed by atoms with Gasteiger partial charge in [-0.1, -0.05) is 25.4 Å². The van der Waals surface area contributed by atoms with Crippen molar-refractivity contribution >= 4 is 27.3 Å². The summed E-state index contributed by atoms with van der Waals surface area (Å²) in [6.45, 7) is 3.94. The monoisotopic (exact) mass is 320 g/mol. The van der Waals surface area contributed by atoms with Crippen molar-refractivity contribution < 1.29 is 13.5 Å². The summed E-state index contributed by atoms with van der Waals surface area (Å²) in [5.74, 6) is 0. The van der Waals surface area contributed by atoms with Gasteiger partial charge in [0.05, 0.1) is 5.69 Å².